The van der Waals surface area contributed by atoms with Crippen LogP contribution in [0, 0.1) is 17.0 Å². The van der Waals surface area contributed by atoms with Crippen LogP contribution in [0.1, 0.15) is 37.0 Å². The van der Waals surface area contributed by atoms with Crippen molar-refractivity contribution >= 4 is 73.5 Å². The molecule has 0 saturated carbocycles. The van der Waals surface area contributed by atoms with E-state index >= 15 is 4.39 Å². The first-order valence-electron chi connectivity index (χ1n) is 13.3. The highest BCUT2D eigenvalue weighted by molar-refractivity contribution is 14.0. The van der Waals surface area contributed by atoms with Gasteiger partial charge in [0.05, 0.1) is 33.1 Å². The van der Waals surface area contributed by atoms with Crippen LogP contribution in [0.2, 0.25) is 0 Å². The van der Waals surface area contributed by atoms with E-state index in [0.717, 1.165) is 39.5 Å². The third-order valence-electron chi connectivity index (χ3n) is 7.27. The molecule has 2 heterocycles. The second-order valence-corrected chi connectivity index (χ2v) is 14.3. The molecular formula is C32H31F2IN4O2S3. The van der Waals surface area contributed by atoms with Crippen molar-refractivity contribution in [1.29, 1.82) is 5.41 Å². The van der Waals surface area contributed by atoms with Crippen LogP contribution in [0.4, 0.5) is 8.78 Å². The Bertz CT molecular complexity index is 1960. The predicted octanol–water partition coefficient (Wildman–Crippen LogP) is 8.71. The minimum Gasteiger partial charge on any atom is -0.293 e. The number of nitrogens with zero attached hydrogens (tertiary/aromatic N) is 3. The summed E-state index contributed by atoms with van der Waals surface area (Å²) >= 11 is 2.21. The van der Waals surface area contributed by atoms with E-state index in [1.165, 1.54) is 36.5 Å². The summed E-state index contributed by atoms with van der Waals surface area (Å²) in [4.78, 5) is 0.890. The van der Waals surface area contributed by atoms with E-state index in [4.69, 9.17) is 5.41 Å². The van der Waals surface area contributed by atoms with Crippen LogP contribution in [0.25, 0.3) is 10.9 Å². The number of benzene rings is 3. The predicted molar refractivity (Wildman–Crippen MR) is 186 cm³/mol. The Hall–Kier alpha value is -2.94. The van der Waals surface area contributed by atoms with E-state index in [1.54, 1.807) is 47.5 Å². The number of hydrogen-bond donors (Lipinski definition) is 1. The van der Waals surface area contributed by atoms with Crippen molar-refractivity contribution in [2.24, 2.45) is 0 Å². The van der Waals surface area contributed by atoms with E-state index < -0.39 is 21.7 Å². The molecule has 12 heteroatoms. The van der Waals surface area contributed by atoms with E-state index in [1.807, 2.05) is 12.3 Å². The second kappa shape index (κ2) is 13.6. The van der Waals surface area contributed by atoms with Gasteiger partial charge in [0.1, 0.15) is 11.6 Å². The first kappa shape index (κ1) is 33.9. The van der Waals surface area contributed by atoms with Gasteiger partial charge in [-0.1, -0.05) is 49.9 Å². The van der Waals surface area contributed by atoms with Crippen molar-refractivity contribution in [3.63, 3.8) is 0 Å². The third kappa shape index (κ3) is 6.68. The smallest absolute Gasteiger partial charge is 0.268 e. The van der Waals surface area contributed by atoms with Crippen LogP contribution in [-0.2, 0) is 22.0 Å². The Morgan fingerprint density at radius 1 is 1.09 bits per heavy atom. The van der Waals surface area contributed by atoms with Crippen LogP contribution >= 0.6 is 47.5 Å². The molecule has 0 fully saturated rings. The fourth-order valence-electron chi connectivity index (χ4n) is 4.87. The van der Waals surface area contributed by atoms with Crippen molar-refractivity contribution in [3.05, 3.63) is 120 Å². The lowest BCUT2D eigenvalue weighted by Crippen LogP contribution is -2.15. The largest absolute Gasteiger partial charge is 0.293 e. The molecule has 0 atom stereocenters. The molecule has 0 radical (unpaired) electrons. The first-order valence-corrected chi connectivity index (χ1v) is 16.8. The summed E-state index contributed by atoms with van der Waals surface area (Å²) in [6.45, 7) is 8.19. The Morgan fingerprint density at radius 3 is 2.50 bits per heavy atom. The summed E-state index contributed by atoms with van der Waals surface area (Å²) in [5, 5.41) is 13.3. The Labute approximate surface area is 281 Å². The normalized spacial score (nSPS) is 11.8. The number of allylic oxidation sites excluding steroid dienone is 1. The molecule has 3 aromatic carbocycles. The summed E-state index contributed by atoms with van der Waals surface area (Å²) in [5.74, 6) is -1.16. The minimum atomic E-state index is -4.00. The molecule has 0 bridgehead atoms. The fraction of sp³-hybridized carbons (Fsp3) is 0.188. The van der Waals surface area contributed by atoms with E-state index in [-0.39, 0.29) is 61.9 Å². The first-order chi connectivity index (χ1) is 20.5. The molecular weight excluding hydrogens is 733 g/mol. The molecule has 5 aromatic rings. The van der Waals surface area contributed by atoms with Crippen molar-refractivity contribution in [1.82, 2.24) is 13.8 Å². The molecule has 230 valence electrons. The van der Waals surface area contributed by atoms with Gasteiger partial charge in [-0.25, -0.2) is 21.2 Å². The van der Waals surface area contributed by atoms with Crippen molar-refractivity contribution < 1.29 is 17.2 Å². The van der Waals surface area contributed by atoms with Gasteiger partial charge >= 0.3 is 0 Å². The molecule has 6 nitrogen and oxygen atoms in total. The quantitative estimate of drug-likeness (QED) is 0.0667. The average molecular weight is 765 g/mol. The van der Waals surface area contributed by atoms with Gasteiger partial charge < -0.3 is 0 Å². The van der Waals surface area contributed by atoms with Gasteiger partial charge in [0, 0.05) is 34.3 Å². The number of halogens is 3. The van der Waals surface area contributed by atoms with E-state index in [2.05, 4.69) is 25.5 Å². The number of aromatic nitrogens is 3. The number of rotatable bonds is 10. The fourth-order valence-corrected chi connectivity index (χ4v) is 7.61. The van der Waals surface area contributed by atoms with Gasteiger partial charge in [0.25, 0.3) is 10.0 Å². The van der Waals surface area contributed by atoms with Gasteiger partial charge in [-0.2, -0.15) is 5.10 Å². The molecule has 44 heavy (non-hydrogen) atoms. The molecule has 5 rings (SSSR count). The average Bonchev–Trinajstić information content (AvgIpc) is 3.64. The van der Waals surface area contributed by atoms with Gasteiger partial charge in [-0.05, 0) is 65.6 Å². The van der Waals surface area contributed by atoms with Crippen LogP contribution in [-0.4, -0.2) is 33.5 Å². The van der Waals surface area contributed by atoms with Gasteiger partial charge in [-0.3, -0.25) is 10.1 Å². The third-order valence-corrected chi connectivity index (χ3v) is 10.7. The molecule has 0 saturated heterocycles. The monoisotopic (exact) mass is 764 g/mol. The topological polar surface area (TPSA) is 80.7 Å². The minimum absolute atomic E-state index is 0. The van der Waals surface area contributed by atoms with Crippen LogP contribution in [0.3, 0.4) is 0 Å². The Morgan fingerprint density at radius 2 is 1.82 bits per heavy atom. The number of thioether (sulfide) groups is 1. The SMILES string of the molecule is C=CCC(C)(C)c1cnn(Cc2c(Sc3ccc(F)c(C(=N)SC)c3)c(F)cc3c2ccn3S(=O)(=O)c2ccccc2)c1.I. The Balaban J connectivity index is 0.00000442. The molecule has 1 N–H and O–H groups in total. The van der Waals surface area contributed by atoms with Crippen molar-refractivity contribution in [2.75, 3.05) is 6.26 Å². The number of hydrogen-bond acceptors (Lipinski definition) is 6. The summed E-state index contributed by atoms with van der Waals surface area (Å²) < 4.78 is 60.5. The zero-order valence-corrected chi connectivity index (χ0v) is 29.0. The summed E-state index contributed by atoms with van der Waals surface area (Å²) in [5.41, 5.74) is 1.63. The summed E-state index contributed by atoms with van der Waals surface area (Å²) in [6, 6.07) is 15.2. The van der Waals surface area contributed by atoms with E-state index in [9.17, 15) is 12.8 Å². The van der Waals surface area contributed by atoms with Crippen molar-refractivity contribution in [2.45, 2.75) is 46.9 Å². The van der Waals surface area contributed by atoms with Crippen LogP contribution in [0.15, 0.2) is 107 Å². The van der Waals surface area contributed by atoms with Gasteiger partial charge in [0.15, 0.2) is 0 Å². The highest BCUT2D eigenvalue weighted by Gasteiger charge is 2.25. The lowest BCUT2D eigenvalue weighted by atomic mass is 9.84. The molecule has 0 aliphatic carbocycles. The van der Waals surface area contributed by atoms with Gasteiger partial charge in [-0.15, -0.1) is 42.3 Å². The zero-order chi connectivity index (χ0) is 30.9. The maximum atomic E-state index is 16.1. The zero-order valence-electron chi connectivity index (χ0n) is 24.3. The molecule has 0 aliphatic heterocycles. The van der Waals surface area contributed by atoms with Crippen LogP contribution in [0.5, 0.6) is 0 Å². The highest BCUT2D eigenvalue weighted by atomic mass is 127. The van der Waals surface area contributed by atoms with E-state index in [0.29, 0.717) is 15.8 Å². The summed E-state index contributed by atoms with van der Waals surface area (Å²) in [7, 11) is -4.00. The highest BCUT2D eigenvalue weighted by Crippen LogP contribution is 2.39. The lowest BCUT2D eigenvalue weighted by molar-refractivity contribution is 0.533. The molecule has 0 aliphatic rings. The number of fused-ring (bicyclic) bond motifs is 1. The Kier molecular flexibility index (Phi) is 10.5. The molecule has 0 unspecified atom stereocenters. The molecule has 0 amide bonds. The standard InChI is InChI=1S/C32H30F2N4O2S3.HI/c1-5-14-32(2,3)21-18-36-37(19-21)20-26-24-13-15-38(43(39,40)23-9-7-6-8-10-23)29(24)17-28(34)30(26)42-22-11-12-27(33)25(16-22)31(35)41-4;/h5-13,15-19,35H,1,14,20H2,2-4H3;1H. The summed E-state index contributed by atoms with van der Waals surface area (Å²) in [6.07, 6.45) is 9.40. The molecule has 0 spiro atoms. The van der Waals surface area contributed by atoms with Crippen molar-refractivity contribution in [3.8, 4) is 0 Å². The van der Waals surface area contributed by atoms with Gasteiger partial charge in [0.2, 0.25) is 0 Å². The second-order valence-electron chi connectivity index (χ2n) is 10.6. The number of nitrogens with one attached hydrogen (secondary N) is 1. The maximum Gasteiger partial charge on any atom is 0.268 e. The molecule has 2 aromatic heterocycles. The maximum absolute atomic E-state index is 16.1. The van der Waals surface area contributed by atoms with Crippen LogP contribution < -0.4 is 0 Å². The lowest BCUT2D eigenvalue weighted by Gasteiger charge is -2.20.